The standard InChI is InChI=1S/C10H11ClO2S/c1-7(6-10(12)13)14-9-4-2-8(11)3-5-9/h2-5,7H,6H2,1H3,(H,12,13)/t7-/m0/s1. The predicted molar refractivity (Wildman–Crippen MR) is 59.0 cm³/mol. The molecule has 1 atom stereocenters. The zero-order valence-corrected chi connectivity index (χ0v) is 9.31. The van der Waals surface area contributed by atoms with E-state index in [-0.39, 0.29) is 11.7 Å². The maximum Gasteiger partial charge on any atom is 0.304 e. The Morgan fingerprint density at radius 3 is 2.57 bits per heavy atom. The minimum Gasteiger partial charge on any atom is -0.481 e. The Kier molecular flexibility index (Phi) is 4.29. The molecule has 0 aliphatic heterocycles. The van der Waals surface area contributed by atoms with Gasteiger partial charge in [-0.1, -0.05) is 18.5 Å². The first kappa shape index (κ1) is 11.4. The first-order valence-corrected chi connectivity index (χ1v) is 5.47. The van der Waals surface area contributed by atoms with Crippen LogP contribution in [0.15, 0.2) is 29.2 Å². The summed E-state index contributed by atoms with van der Waals surface area (Å²) in [4.78, 5) is 11.5. The van der Waals surface area contributed by atoms with E-state index in [9.17, 15) is 4.79 Å². The highest BCUT2D eigenvalue weighted by Crippen LogP contribution is 2.26. The molecule has 2 nitrogen and oxygen atoms in total. The molecule has 0 amide bonds. The van der Waals surface area contributed by atoms with E-state index in [0.717, 1.165) is 4.90 Å². The lowest BCUT2D eigenvalue weighted by molar-refractivity contribution is -0.136. The van der Waals surface area contributed by atoms with E-state index in [1.807, 2.05) is 19.1 Å². The van der Waals surface area contributed by atoms with Crippen LogP contribution in [-0.4, -0.2) is 16.3 Å². The molecule has 0 fully saturated rings. The smallest absolute Gasteiger partial charge is 0.304 e. The van der Waals surface area contributed by atoms with Crippen LogP contribution in [0.1, 0.15) is 13.3 Å². The lowest BCUT2D eigenvalue weighted by Gasteiger charge is -2.07. The van der Waals surface area contributed by atoms with Crippen LogP contribution in [0.4, 0.5) is 0 Å². The van der Waals surface area contributed by atoms with Gasteiger partial charge in [0.25, 0.3) is 0 Å². The third-order valence-electron chi connectivity index (χ3n) is 1.61. The second-order valence-electron chi connectivity index (χ2n) is 2.98. The molecule has 0 radical (unpaired) electrons. The van der Waals surface area contributed by atoms with Crippen molar-refractivity contribution in [1.29, 1.82) is 0 Å². The van der Waals surface area contributed by atoms with E-state index in [2.05, 4.69) is 0 Å². The van der Waals surface area contributed by atoms with Crippen LogP contribution in [0.2, 0.25) is 5.02 Å². The van der Waals surface area contributed by atoms with Gasteiger partial charge in [-0.25, -0.2) is 0 Å². The first-order chi connectivity index (χ1) is 6.58. The molecule has 1 aromatic rings. The van der Waals surface area contributed by atoms with Gasteiger partial charge in [-0.2, -0.15) is 0 Å². The fourth-order valence-electron chi connectivity index (χ4n) is 1.03. The van der Waals surface area contributed by atoms with Gasteiger partial charge in [0.15, 0.2) is 0 Å². The molecule has 0 aliphatic rings. The van der Waals surface area contributed by atoms with E-state index in [0.29, 0.717) is 5.02 Å². The van der Waals surface area contributed by atoms with E-state index < -0.39 is 5.97 Å². The monoisotopic (exact) mass is 230 g/mol. The van der Waals surface area contributed by atoms with Gasteiger partial charge in [0.1, 0.15) is 0 Å². The van der Waals surface area contributed by atoms with E-state index >= 15 is 0 Å². The minimum absolute atomic E-state index is 0.0775. The largest absolute Gasteiger partial charge is 0.481 e. The summed E-state index contributed by atoms with van der Waals surface area (Å²) in [6.07, 6.45) is 0.174. The summed E-state index contributed by atoms with van der Waals surface area (Å²) in [5.41, 5.74) is 0. The van der Waals surface area contributed by atoms with Crippen molar-refractivity contribution in [2.24, 2.45) is 0 Å². The minimum atomic E-state index is -0.765. The highest BCUT2D eigenvalue weighted by atomic mass is 35.5. The topological polar surface area (TPSA) is 37.3 Å². The number of hydrogen-bond acceptors (Lipinski definition) is 2. The SMILES string of the molecule is C[C@@H](CC(=O)O)Sc1ccc(Cl)cc1. The van der Waals surface area contributed by atoms with Crippen molar-refractivity contribution in [2.45, 2.75) is 23.5 Å². The fraction of sp³-hybridized carbons (Fsp3) is 0.300. The summed E-state index contributed by atoms with van der Waals surface area (Å²) in [7, 11) is 0. The zero-order chi connectivity index (χ0) is 10.6. The summed E-state index contributed by atoms with van der Waals surface area (Å²) in [5, 5.41) is 9.34. The normalized spacial score (nSPS) is 12.4. The molecule has 0 heterocycles. The molecule has 0 saturated heterocycles. The summed E-state index contributed by atoms with van der Waals surface area (Å²) >= 11 is 7.27. The molecule has 1 N–H and O–H groups in total. The maximum absolute atomic E-state index is 10.4. The Bertz CT molecular complexity index is 310. The molecule has 4 heteroatoms. The number of rotatable bonds is 4. The quantitative estimate of drug-likeness (QED) is 0.807. The molecule has 0 saturated carbocycles. The fourth-order valence-corrected chi connectivity index (χ4v) is 2.14. The number of thioether (sulfide) groups is 1. The van der Waals surface area contributed by atoms with Gasteiger partial charge in [-0.3, -0.25) is 4.79 Å². The highest BCUT2D eigenvalue weighted by molar-refractivity contribution is 8.00. The Balaban J connectivity index is 2.51. The summed E-state index contributed by atoms with van der Waals surface area (Å²) < 4.78 is 0. The lowest BCUT2D eigenvalue weighted by atomic mass is 10.3. The molecule has 76 valence electrons. The average molecular weight is 231 g/mol. The van der Waals surface area contributed by atoms with Crippen LogP contribution in [0.3, 0.4) is 0 Å². The molecule has 0 bridgehead atoms. The summed E-state index contributed by atoms with van der Waals surface area (Å²) in [6, 6.07) is 7.39. The van der Waals surface area contributed by atoms with Gasteiger partial charge >= 0.3 is 5.97 Å². The van der Waals surface area contributed by atoms with Crippen molar-refractivity contribution >= 4 is 29.3 Å². The number of halogens is 1. The van der Waals surface area contributed by atoms with E-state index in [1.54, 1.807) is 23.9 Å². The summed E-state index contributed by atoms with van der Waals surface area (Å²) in [6.45, 7) is 1.90. The molecule has 0 unspecified atom stereocenters. The average Bonchev–Trinajstić information content (AvgIpc) is 2.07. The van der Waals surface area contributed by atoms with Crippen molar-refractivity contribution in [3.63, 3.8) is 0 Å². The Morgan fingerprint density at radius 2 is 2.07 bits per heavy atom. The Hall–Kier alpha value is -0.670. The third-order valence-corrected chi connectivity index (χ3v) is 2.98. The molecule has 0 aromatic heterocycles. The van der Waals surface area contributed by atoms with Gasteiger partial charge < -0.3 is 5.11 Å². The molecule has 0 spiro atoms. The maximum atomic E-state index is 10.4. The van der Waals surface area contributed by atoms with Crippen molar-refractivity contribution < 1.29 is 9.90 Å². The third kappa shape index (κ3) is 4.03. The van der Waals surface area contributed by atoms with Gasteiger partial charge in [-0.15, -0.1) is 11.8 Å². The number of carbonyl (C=O) groups is 1. The molecule has 1 aromatic carbocycles. The number of hydrogen-bond donors (Lipinski definition) is 1. The van der Waals surface area contributed by atoms with Crippen LogP contribution in [0.25, 0.3) is 0 Å². The second kappa shape index (κ2) is 5.27. The number of carboxylic acids is 1. The van der Waals surface area contributed by atoms with Crippen molar-refractivity contribution in [3.8, 4) is 0 Å². The molecule has 14 heavy (non-hydrogen) atoms. The van der Waals surface area contributed by atoms with Crippen LogP contribution < -0.4 is 0 Å². The predicted octanol–water partition coefficient (Wildman–Crippen LogP) is 3.30. The first-order valence-electron chi connectivity index (χ1n) is 4.22. The van der Waals surface area contributed by atoms with Gasteiger partial charge in [0.05, 0.1) is 6.42 Å². The second-order valence-corrected chi connectivity index (χ2v) is 4.93. The van der Waals surface area contributed by atoms with Crippen molar-refractivity contribution in [3.05, 3.63) is 29.3 Å². The highest BCUT2D eigenvalue weighted by Gasteiger charge is 2.08. The molecule has 0 aliphatic carbocycles. The Labute approximate surface area is 92.3 Å². The van der Waals surface area contributed by atoms with Crippen LogP contribution in [0.5, 0.6) is 0 Å². The molecular formula is C10H11ClO2S. The van der Waals surface area contributed by atoms with Crippen LogP contribution in [0, 0.1) is 0 Å². The summed E-state index contributed by atoms with van der Waals surface area (Å²) in [5.74, 6) is -0.765. The number of carboxylic acid groups (broad SMARTS) is 1. The van der Waals surface area contributed by atoms with Gasteiger partial charge in [-0.05, 0) is 24.3 Å². The van der Waals surface area contributed by atoms with Crippen LogP contribution in [-0.2, 0) is 4.79 Å². The van der Waals surface area contributed by atoms with Gasteiger partial charge in [0.2, 0.25) is 0 Å². The Morgan fingerprint density at radius 1 is 1.50 bits per heavy atom. The van der Waals surface area contributed by atoms with Crippen molar-refractivity contribution in [1.82, 2.24) is 0 Å². The molecular weight excluding hydrogens is 220 g/mol. The molecule has 1 rings (SSSR count). The van der Waals surface area contributed by atoms with E-state index in [4.69, 9.17) is 16.7 Å². The van der Waals surface area contributed by atoms with Crippen LogP contribution >= 0.6 is 23.4 Å². The lowest BCUT2D eigenvalue weighted by Crippen LogP contribution is -2.05. The zero-order valence-electron chi connectivity index (χ0n) is 7.74. The number of aliphatic carboxylic acids is 1. The number of benzene rings is 1. The van der Waals surface area contributed by atoms with E-state index in [1.165, 1.54) is 0 Å². The van der Waals surface area contributed by atoms with Crippen molar-refractivity contribution in [2.75, 3.05) is 0 Å². The van der Waals surface area contributed by atoms with Gasteiger partial charge in [0, 0.05) is 15.2 Å².